The van der Waals surface area contributed by atoms with Gasteiger partial charge in [-0.2, -0.15) is 0 Å². The number of benzene rings is 5. The molecular weight excluding hydrogens is 451 g/mol. The minimum atomic E-state index is -0.399. The zero-order valence-corrected chi connectivity index (χ0v) is 21.3. The minimum absolute atomic E-state index is 0.0578. The Hall–Kier alpha value is -3.71. The molecule has 0 fully saturated rings. The largest absolute Gasteiger partial charge is 0.206 e. The maximum Gasteiger partial charge on any atom is 0.135 e. The smallest absolute Gasteiger partial charge is 0.135 e. The highest BCUT2D eigenvalue weighted by atomic mass is 19.1. The van der Waals surface area contributed by atoms with Crippen LogP contribution in [0.4, 0.5) is 4.39 Å². The second-order valence-electron chi connectivity index (χ2n) is 11.0. The number of rotatable bonds is 3. The summed E-state index contributed by atoms with van der Waals surface area (Å²) in [5, 5.41) is 1.68. The molecule has 2 atom stereocenters. The van der Waals surface area contributed by atoms with Crippen LogP contribution in [0.15, 0.2) is 103 Å². The van der Waals surface area contributed by atoms with Crippen LogP contribution in [0.1, 0.15) is 59.1 Å². The Kier molecular flexibility index (Phi) is 5.29. The van der Waals surface area contributed by atoms with Crippen LogP contribution in [0, 0.1) is 5.82 Å². The third-order valence-electron chi connectivity index (χ3n) is 9.05. The van der Waals surface area contributed by atoms with Crippen LogP contribution in [-0.4, -0.2) is 0 Å². The van der Waals surface area contributed by atoms with E-state index in [0.717, 1.165) is 48.4 Å². The summed E-state index contributed by atoms with van der Waals surface area (Å²) in [7, 11) is 0. The number of hydrogen-bond acceptors (Lipinski definition) is 0. The van der Waals surface area contributed by atoms with Gasteiger partial charge in [0, 0.05) is 10.8 Å². The van der Waals surface area contributed by atoms with Gasteiger partial charge in [-0.3, -0.25) is 0 Å². The molecular formula is C36H31F. The average Bonchev–Trinajstić information content (AvgIpc) is 2.95. The summed E-state index contributed by atoms with van der Waals surface area (Å²) in [4.78, 5) is 0. The molecule has 7 rings (SSSR count). The first-order valence-electron chi connectivity index (χ1n) is 13.6. The fraction of sp³-hybridized carbons (Fsp3) is 0.222. The van der Waals surface area contributed by atoms with Crippen molar-refractivity contribution in [3.8, 4) is 11.1 Å². The normalized spacial score (nSPS) is 20.2. The molecule has 0 heterocycles. The third kappa shape index (κ3) is 3.48. The molecule has 0 spiro atoms. The molecule has 0 radical (unpaired) electrons. The molecule has 0 bridgehead atoms. The average molecular weight is 483 g/mol. The van der Waals surface area contributed by atoms with Crippen LogP contribution in [0.25, 0.3) is 21.9 Å². The summed E-state index contributed by atoms with van der Waals surface area (Å²) >= 11 is 0. The van der Waals surface area contributed by atoms with E-state index in [2.05, 4.69) is 85.8 Å². The first kappa shape index (κ1) is 22.5. The highest BCUT2D eigenvalue weighted by Crippen LogP contribution is 2.53. The number of halogens is 1. The zero-order valence-electron chi connectivity index (χ0n) is 21.3. The fourth-order valence-electron chi connectivity index (χ4n) is 7.28. The van der Waals surface area contributed by atoms with Crippen LogP contribution in [0.3, 0.4) is 0 Å². The lowest BCUT2D eigenvalue weighted by atomic mass is 9.59. The predicted octanol–water partition coefficient (Wildman–Crippen LogP) is 9.17. The van der Waals surface area contributed by atoms with E-state index in [-0.39, 0.29) is 5.82 Å². The first-order chi connectivity index (χ1) is 18.2. The fourth-order valence-corrected chi connectivity index (χ4v) is 7.28. The lowest BCUT2D eigenvalue weighted by Gasteiger charge is -2.44. The van der Waals surface area contributed by atoms with Gasteiger partial charge < -0.3 is 0 Å². The van der Waals surface area contributed by atoms with E-state index in [0.29, 0.717) is 5.92 Å². The van der Waals surface area contributed by atoms with E-state index in [1.165, 1.54) is 38.9 Å². The predicted molar refractivity (Wildman–Crippen MR) is 152 cm³/mol. The van der Waals surface area contributed by atoms with Gasteiger partial charge in [0.2, 0.25) is 0 Å². The second-order valence-corrected chi connectivity index (χ2v) is 11.0. The molecule has 5 aromatic rings. The quantitative estimate of drug-likeness (QED) is 0.240. The van der Waals surface area contributed by atoms with Crippen LogP contribution in [-0.2, 0) is 24.7 Å². The monoisotopic (exact) mass is 482 g/mol. The van der Waals surface area contributed by atoms with Gasteiger partial charge in [-0.25, -0.2) is 4.39 Å². The maximum atomic E-state index is 16.5. The maximum absolute atomic E-state index is 16.5. The summed E-state index contributed by atoms with van der Waals surface area (Å²) in [5.41, 5.74) is 10.2. The van der Waals surface area contributed by atoms with E-state index < -0.39 is 5.41 Å². The van der Waals surface area contributed by atoms with Crippen molar-refractivity contribution < 1.29 is 4.39 Å². The number of aryl methyl sites for hydroxylation is 1. The van der Waals surface area contributed by atoms with Gasteiger partial charge in [-0.05, 0) is 87.9 Å². The lowest BCUT2D eigenvalue weighted by Crippen LogP contribution is -2.37. The van der Waals surface area contributed by atoms with Gasteiger partial charge in [0.1, 0.15) is 5.82 Å². The van der Waals surface area contributed by atoms with Crippen LogP contribution >= 0.6 is 0 Å². The van der Waals surface area contributed by atoms with Gasteiger partial charge in [-0.15, -0.1) is 0 Å². The molecule has 0 aromatic heterocycles. The van der Waals surface area contributed by atoms with Crippen LogP contribution in [0.2, 0.25) is 0 Å². The molecule has 0 saturated carbocycles. The Balaban J connectivity index is 1.51. The summed E-state index contributed by atoms with van der Waals surface area (Å²) in [6.45, 7) is 2.38. The summed E-state index contributed by atoms with van der Waals surface area (Å²) in [6, 6.07) is 36.3. The van der Waals surface area contributed by atoms with Crippen LogP contribution in [0.5, 0.6) is 0 Å². The summed E-state index contributed by atoms with van der Waals surface area (Å²) in [5.74, 6) is 0.403. The Morgan fingerprint density at radius 3 is 2.38 bits per heavy atom. The molecule has 5 aromatic carbocycles. The molecule has 2 aliphatic carbocycles. The highest BCUT2D eigenvalue weighted by Gasteiger charge is 2.43. The number of fused-ring (bicyclic) bond motifs is 6. The Labute approximate surface area is 218 Å². The van der Waals surface area contributed by atoms with Crippen molar-refractivity contribution in [1.29, 1.82) is 0 Å². The van der Waals surface area contributed by atoms with Gasteiger partial charge >= 0.3 is 0 Å². The topological polar surface area (TPSA) is 0 Å². The molecule has 182 valence electrons. The third-order valence-corrected chi connectivity index (χ3v) is 9.05. The first-order valence-corrected chi connectivity index (χ1v) is 13.6. The van der Waals surface area contributed by atoms with Crippen molar-refractivity contribution in [1.82, 2.24) is 0 Å². The van der Waals surface area contributed by atoms with Crippen molar-refractivity contribution >= 4 is 10.8 Å². The van der Waals surface area contributed by atoms with E-state index in [1.54, 1.807) is 0 Å². The lowest BCUT2D eigenvalue weighted by molar-refractivity contribution is 0.382. The Morgan fingerprint density at radius 2 is 1.49 bits per heavy atom. The van der Waals surface area contributed by atoms with Crippen molar-refractivity contribution in [2.24, 2.45) is 0 Å². The molecule has 2 unspecified atom stereocenters. The minimum Gasteiger partial charge on any atom is -0.206 e. The Bertz CT molecular complexity index is 1630. The standard InChI is InChI=1S/C36H31F/c1-24-21-22-36(23-25-9-3-2-4-10-25,33-19-16-27-12-6-8-14-29(27)35(33)37)32-20-18-30-28-13-7-5-11-26(28)15-17-31(30)34(24)32/h2-14,16,18-20,24H,15,17,21-23H2,1H3. The van der Waals surface area contributed by atoms with E-state index >= 15 is 4.39 Å². The van der Waals surface area contributed by atoms with Gasteiger partial charge in [-0.1, -0.05) is 110 Å². The molecule has 0 amide bonds. The molecule has 0 aliphatic heterocycles. The second kappa shape index (κ2) is 8.70. The van der Waals surface area contributed by atoms with E-state index in [9.17, 15) is 0 Å². The molecule has 0 nitrogen and oxygen atoms in total. The Morgan fingerprint density at radius 1 is 0.730 bits per heavy atom. The molecule has 0 N–H and O–H groups in total. The summed E-state index contributed by atoms with van der Waals surface area (Å²) in [6.07, 6.45) is 4.94. The van der Waals surface area contributed by atoms with E-state index in [4.69, 9.17) is 0 Å². The molecule has 1 heteroatoms. The summed E-state index contributed by atoms with van der Waals surface area (Å²) < 4.78 is 16.5. The zero-order chi connectivity index (χ0) is 25.0. The molecule has 0 saturated heterocycles. The van der Waals surface area contributed by atoms with Crippen molar-refractivity contribution in [3.05, 3.63) is 142 Å². The van der Waals surface area contributed by atoms with Crippen molar-refractivity contribution in [2.75, 3.05) is 0 Å². The van der Waals surface area contributed by atoms with Crippen molar-refractivity contribution in [3.63, 3.8) is 0 Å². The molecule has 2 aliphatic rings. The van der Waals surface area contributed by atoms with Gasteiger partial charge in [0.05, 0.1) is 0 Å². The van der Waals surface area contributed by atoms with Crippen molar-refractivity contribution in [2.45, 2.75) is 50.4 Å². The SMILES string of the molecule is CC1CCC(Cc2ccccc2)(c2ccc3ccccc3c2F)c2ccc3c(c21)CCc1ccccc1-3. The number of hydrogen-bond donors (Lipinski definition) is 0. The van der Waals surface area contributed by atoms with Gasteiger partial charge in [0.25, 0.3) is 0 Å². The highest BCUT2D eigenvalue weighted by molar-refractivity contribution is 5.84. The molecule has 37 heavy (non-hydrogen) atoms. The van der Waals surface area contributed by atoms with Gasteiger partial charge in [0.15, 0.2) is 0 Å². The van der Waals surface area contributed by atoms with E-state index in [1.807, 2.05) is 24.3 Å². The van der Waals surface area contributed by atoms with Crippen LogP contribution < -0.4 is 0 Å².